The largest absolute Gasteiger partial charge is 0.496 e. The van der Waals surface area contributed by atoms with Gasteiger partial charge in [-0.3, -0.25) is 14.3 Å². The Hall–Kier alpha value is -3.67. The molecular formula is C22H20N4O2. The Balaban J connectivity index is 1.73. The molecule has 4 aromatic rings. The molecule has 0 fully saturated rings. The van der Waals surface area contributed by atoms with Crippen molar-refractivity contribution in [2.24, 2.45) is 0 Å². The van der Waals surface area contributed by atoms with E-state index in [0.29, 0.717) is 29.9 Å². The van der Waals surface area contributed by atoms with Crippen molar-refractivity contribution < 1.29 is 4.74 Å². The number of anilines is 1. The summed E-state index contributed by atoms with van der Waals surface area (Å²) in [5.74, 6) is 1.07. The minimum atomic E-state index is -0.181. The molecule has 2 heterocycles. The lowest BCUT2D eigenvalue weighted by atomic mass is 10.2. The van der Waals surface area contributed by atoms with Gasteiger partial charge in [-0.1, -0.05) is 48.5 Å². The minimum Gasteiger partial charge on any atom is -0.496 e. The number of ether oxygens (including phenoxy) is 1. The maximum absolute atomic E-state index is 13.1. The van der Waals surface area contributed by atoms with Crippen molar-refractivity contribution in [3.63, 3.8) is 0 Å². The number of nitrogens with zero attached hydrogens (tertiary/aromatic N) is 3. The molecule has 0 atom stereocenters. The molecule has 28 heavy (non-hydrogen) atoms. The van der Waals surface area contributed by atoms with Gasteiger partial charge in [0.1, 0.15) is 5.75 Å². The van der Waals surface area contributed by atoms with Gasteiger partial charge in [-0.25, -0.2) is 4.98 Å². The summed E-state index contributed by atoms with van der Waals surface area (Å²) in [4.78, 5) is 21.8. The van der Waals surface area contributed by atoms with Crippen LogP contribution in [0.25, 0.3) is 11.0 Å². The normalized spacial score (nSPS) is 10.8. The van der Waals surface area contributed by atoms with E-state index in [1.165, 1.54) is 0 Å². The van der Waals surface area contributed by atoms with Crippen LogP contribution in [0.15, 0.2) is 77.9 Å². The number of para-hydroxylation sites is 1. The molecule has 0 saturated carbocycles. The molecule has 0 spiro atoms. The zero-order valence-corrected chi connectivity index (χ0v) is 15.5. The molecule has 0 bridgehead atoms. The maximum atomic E-state index is 13.1. The van der Waals surface area contributed by atoms with Gasteiger partial charge in [0.2, 0.25) is 0 Å². The van der Waals surface area contributed by atoms with Crippen LogP contribution in [0.4, 0.5) is 5.82 Å². The van der Waals surface area contributed by atoms with Gasteiger partial charge >= 0.3 is 0 Å². The third-order valence-electron chi connectivity index (χ3n) is 4.57. The fourth-order valence-electron chi connectivity index (χ4n) is 3.15. The van der Waals surface area contributed by atoms with E-state index in [-0.39, 0.29) is 5.56 Å². The van der Waals surface area contributed by atoms with E-state index in [1.54, 1.807) is 24.1 Å². The summed E-state index contributed by atoms with van der Waals surface area (Å²) in [6.45, 7) is 0.891. The Morgan fingerprint density at radius 3 is 2.64 bits per heavy atom. The van der Waals surface area contributed by atoms with Crippen LogP contribution in [0.2, 0.25) is 0 Å². The van der Waals surface area contributed by atoms with E-state index in [1.807, 2.05) is 60.7 Å². The Morgan fingerprint density at radius 2 is 1.82 bits per heavy atom. The number of hydrogen-bond donors (Lipinski definition) is 1. The van der Waals surface area contributed by atoms with E-state index >= 15 is 0 Å². The quantitative estimate of drug-likeness (QED) is 0.561. The van der Waals surface area contributed by atoms with Gasteiger partial charge in [-0.05, 0) is 17.7 Å². The summed E-state index contributed by atoms with van der Waals surface area (Å²) in [6.07, 6.45) is 3.35. The zero-order chi connectivity index (χ0) is 19.3. The van der Waals surface area contributed by atoms with Crippen LogP contribution in [0.3, 0.4) is 0 Å². The molecule has 0 aliphatic carbocycles. The molecule has 0 unspecified atom stereocenters. The number of aromatic nitrogens is 3. The Kier molecular flexibility index (Phi) is 5.01. The summed E-state index contributed by atoms with van der Waals surface area (Å²) in [7, 11) is 1.63. The average molecular weight is 372 g/mol. The molecule has 4 rings (SSSR count). The number of fused-ring (bicyclic) bond motifs is 1. The number of pyridine rings is 1. The summed E-state index contributed by atoms with van der Waals surface area (Å²) in [5.41, 5.74) is 3.23. The SMILES string of the molecule is COc1ccccc1CNc1nc2ccncc2n(Cc2ccccc2)c1=O. The minimum absolute atomic E-state index is 0.181. The van der Waals surface area contributed by atoms with E-state index in [0.717, 1.165) is 16.9 Å². The molecule has 0 saturated heterocycles. The molecule has 140 valence electrons. The van der Waals surface area contributed by atoms with Crippen molar-refractivity contribution in [2.75, 3.05) is 12.4 Å². The number of hydrogen-bond acceptors (Lipinski definition) is 5. The predicted octanol–water partition coefficient (Wildman–Crippen LogP) is 3.46. The second-order valence-corrected chi connectivity index (χ2v) is 6.37. The Bertz CT molecular complexity index is 1160. The van der Waals surface area contributed by atoms with Gasteiger partial charge in [0, 0.05) is 18.3 Å². The lowest BCUT2D eigenvalue weighted by Crippen LogP contribution is -2.26. The summed E-state index contributed by atoms with van der Waals surface area (Å²) in [5, 5.41) is 3.18. The molecule has 0 aliphatic rings. The monoisotopic (exact) mass is 372 g/mol. The van der Waals surface area contributed by atoms with Crippen LogP contribution in [0, 0.1) is 0 Å². The highest BCUT2D eigenvalue weighted by molar-refractivity contribution is 5.75. The molecule has 2 aromatic carbocycles. The van der Waals surface area contributed by atoms with Crippen molar-refractivity contribution in [1.82, 2.24) is 14.5 Å². The van der Waals surface area contributed by atoms with Crippen molar-refractivity contribution >= 4 is 16.9 Å². The highest BCUT2D eigenvalue weighted by atomic mass is 16.5. The zero-order valence-electron chi connectivity index (χ0n) is 15.5. The number of rotatable bonds is 6. The van der Waals surface area contributed by atoms with Crippen molar-refractivity contribution in [3.8, 4) is 5.75 Å². The first-order valence-electron chi connectivity index (χ1n) is 9.00. The van der Waals surface area contributed by atoms with Crippen LogP contribution in [-0.4, -0.2) is 21.6 Å². The van der Waals surface area contributed by atoms with Gasteiger partial charge in [0.25, 0.3) is 5.56 Å². The number of nitrogens with one attached hydrogen (secondary N) is 1. The third-order valence-corrected chi connectivity index (χ3v) is 4.57. The van der Waals surface area contributed by atoms with Crippen LogP contribution in [0.5, 0.6) is 5.75 Å². The van der Waals surface area contributed by atoms with Crippen molar-refractivity contribution in [3.05, 3.63) is 94.5 Å². The smallest absolute Gasteiger partial charge is 0.294 e. The molecule has 6 heteroatoms. The van der Waals surface area contributed by atoms with Crippen LogP contribution in [0.1, 0.15) is 11.1 Å². The summed E-state index contributed by atoms with van der Waals surface area (Å²) in [6, 6.07) is 19.4. The molecule has 6 nitrogen and oxygen atoms in total. The third kappa shape index (κ3) is 3.57. The van der Waals surface area contributed by atoms with Gasteiger partial charge in [0.05, 0.1) is 30.9 Å². The average Bonchev–Trinajstić information content (AvgIpc) is 2.75. The van der Waals surface area contributed by atoms with Gasteiger partial charge in [-0.2, -0.15) is 0 Å². The van der Waals surface area contributed by atoms with Gasteiger partial charge < -0.3 is 10.1 Å². The van der Waals surface area contributed by atoms with E-state index in [9.17, 15) is 4.79 Å². The highest BCUT2D eigenvalue weighted by Gasteiger charge is 2.12. The molecule has 1 N–H and O–H groups in total. The molecule has 0 aliphatic heterocycles. The maximum Gasteiger partial charge on any atom is 0.294 e. The summed E-state index contributed by atoms with van der Waals surface area (Å²) >= 11 is 0. The number of methoxy groups -OCH3 is 1. The van der Waals surface area contributed by atoms with Crippen LogP contribution >= 0.6 is 0 Å². The molecule has 0 amide bonds. The first-order chi connectivity index (χ1) is 13.8. The van der Waals surface area contributed by atoms with E-state index in [2.05, 4.69) is 15.3 Å². The lowest BCUT2D eigenvalue weighted by Gasteiger charge is -2.14. The van der Waals surface area contributed by atoms with Crippen LogP contribution < -0.4 is 15.6 Å². The molecule has 0 radical (unpaired) electrons. The first-order valence-corrected chi connectivity index (χ1v) is 9.00. The fourth-order valence-corrected chi connectivity index (χ4v) is 3.15. The second-order valence-electron chi connectivity index (χ2n) is 6.37. The van der Waals surface area contributed by atoms with Crippen molar-refractivity contribution in [1.29, 1.82) is 0 Å². The molecular weight excluding hydrogens is 352 g/mol. The van der Waals surface area contributed by atoms with Gasteiger partial charge in [0.15, 0.2) is 5.82 Å². The van der Waals surface area contributed by atoms with E-state index in [4.69, 9.17) is 4.74 Å². The Morgan fingerprint density at radius 1 is 1.04 bits per heavy atom. The Labute approximate surface area is 162 Å². The first kappa shape index (κ1) is 17.7. The molecule has 2 aromatic heterocycles. The second kappa shape index (κ2) is 7.92. The highest BCUT2D eigenvalue weighted by Crippen LogP contribution is 2.19. The standard InChI is InChI=1S/C22H20N4O2/c1-28-20-10-6-5-9-17(20)13-24-21-22(27)26(15-16-7-3-2-4-8-16)19-14-23-12-11-18(19)25-21/h2-12,14H,13,15H2,1H3,(H,24,25). The predicted molar refractivity (Wildman–Crippen MR) is 110 cm³/mol. The van der Waals surface area contributed by atoms with Crippen molar-refractivity contribution in [2.45, 2.75) is 13.1 Å². The van der Waals surface area contributed by atoms with Crippen LogP contribution in [-0.2, 0) is 13.1 Å². The topological polar surface area (TPSA) is 69.0 Å². The summed E-state index contributed by atoms with van der Waals surface area (Å²) < 4.78 is 7.09. The number of benzene rings is 2. The van der Waals surface area contributed by atoms with E-state index < -0.39 is 0 Å². The lowest BCUT2D eigenvalue weighted by molar-refractivity contribution is 0.410. The van der Waals surface area contributed by atoms with Gasteiger partial charge in [-0.15, -0.1) is 0 Å². The fraction of sp³-hybridized carbons (Fsp3) is 0.136.